The zero-order chi connectivity index (χ0) is 14.3. The van der Waals surface area contributed by atoms with Crippen LogP contribution >= 0.6 is 0 Å². The molecule has 0 saturated heterocycles. The smallest absolute Gasteiger partial charge is 0.263 e. The molecule has 0 spiro atoms. The molecule has 1 aromatic carbocycles. The first kappa shape index (κ1) is 12.7. The SMILES string of the molecule is CC1CC(n2cccc(C(N)=O)c2=O)c2ccccc21. The Labute approximate surface area is 116 Å². The van der Waals surface area contributed by atoms with Crippen molar-refractivity contribution < 1.29 is 4.79 Å². The molecule has 20 heavy (non-hydrogen) atoms. The van der Waals surface area contributed by atoms with Gasteiger partial charge in [0, 0.05) is 6.20 Å². The molecule has 0 bridgehead atoms. The van der Waals surface area contributed by atoms with Gasteiger partial charge in [0.2, 0.25) is 0 Å². The predicted molar refractivity (Wildman–Crippen MR) is 76.8 cm³/mol. The number of fused-ring (bicyclic) bond motifs is 1. The second-order valence-corrected chi connectivity index (χ2v) is 5.28. The molecule has 2 unspecified atom stereocenters. The lowest BCUT2D eigenvalue weighted by Gasteiger charge is -2.16. The van der Waals surface area contributed by atoms with Gasteiger partial charge in [-0.15, -0.1) is 0 Å². The summed E-state index contributed by atoms with van der Waals surface area (Å²) < 4.78 is 1.63. The third kappa shape index (κ3) is 1.84. The molecule has 1 aliphatic carbocycles. The number of hydrogen-bond donors (Lipinski definition) is 1. The summed E-state index contributed by atoms with van der Waals surface area (Å²) in [5.41, 5.74) is 7.41. The molecular weight excluding hydrogens is 252 g/mol. The zero-order valence-electron chi connectivity index (χ0n) is 11.2. The molecule has 4 nitrogen and oxygen atoms in total. The van der Waals surface area contributed by atoms with Gasteiger partial charge in [0.05, 0.1) is 6.04 Å². The molecule has 1 aromatic heterocycles. The number of aromatic nitrogens is 1. The summed E-state index contributed by atoms with van der Waals surface area (Å²) in [6.45, 7) is 2.15. The molecule has 3 rings (SSSR count). The summed E-state index contributed by atoms with van der Waals surface area (Å²) in [4.78, 5) is 23.7. The predicted octanol–water partition coefficient (Wildman–Crippen LogP) is 2.04. The molecular formula is C16H16N2O2. The highest BCUT2D eigenvalue weighted by atomic mass is 16.2. The van der Waals surface area contributed by atoms with Crippen LogP contribution in [-0.4, -0.2) is 10.5 Å². The van der Waals surface area contributed by atoms with E-state index in [9.17, 15) is 9.59 Å². The number of benzene rings is 1. The van der Waals surface area contributed by atoms with Crippen molar-refractivity contribution >= 4 is 5.91 Å². The largest absolute Gasteiger partial charge is 0.365 e. The summed E-state index contributed by atoms with van der Waals surface area (Å²) in [7, 11) is 0. The molecule has 1 aliphatic rings. The minimum absolute atomic E-state index is 0.0204. The van der Waals surface area contributed by atoms with Crippen molar-refractivity contribution in [1.29, 1.82) is 0 Å². The molecule has 102 valence electrons. The van der Waals surface area contributed by atoms with Crippen LogP contribution in [0.1, 0.15) is 46.8 Å². The number of pyridine rings is 1. The first-order valence-electron chi connectivity index (χ1n) is 6.69. The summed E-state index contributed by atoms with van der Waals surface area (Å²) in [5.74, 6) is -0.274. The fourth-order valence-electron chi connectivity index (χ4n) is 3.06. The van der Waals surface area contributed by atoms with Gasteiger partial charge < -0.3 is 10.3 Å². The molecule has 0 fully saturated rings. The topological polar surface area (TPSA) is 65.1 Å². The lowest BCUT2D eigenvalue weighted by atomic mass is 10.0. The van der Waals surface area contributed by atoms with Gasteiger partial charge in [-0.1, -0.05) is 31.2 Å². The Kier molecular flexibility index (Phi) is 2.93. The molecule has 1 amide bonds. The third-order valence-corrected chi connectivity index (χ3v) is 4.04. The van der Waals surface area contributed by atoms with E-state index in [1.165, 1.54) is 11.6 Å². The Morgan fingerprint density at radius 1 is 1.20 bits per heavy atom. The van der Waals surface area contributed by atoms with Crippen LogP contribution in [0.5, 0.6) is 0 Å². The van der Waals surface area contributed by atoms with Gasteiger partial charge in [0.15, 0.2) is 0 Å². The highest BCUT2D eigenvalue weighted by Crippen LogP contribution is 2.41. The van der Waals surface area contributed by atoms with Gasteiger partial charge in [-0.2, -0.15) is 0 Å². The fraction of sp³-hybridized carbons (Fsp3) is 0.250. The van der Waals surface area contributed by atoms with E-state index in [-0.39, 0.29) is 17.2 Å². The molecule has 2 atom stereocenters. The monoisotopic (exact) mass is 268 g/mol. The third-order valence-electron chi connectivity index (χ3n) is 4.04. The maximum atomic E-state index is 12.4. The second-order valence-electron chi connectivity index (χ2n) is 5.28. The van der Waals surface area contributed by atoms with Crippen LogP contribution in [-0.2, 0) is 0 Å². The summed E-state index contributed by atoms with van der Waals surface area (Å²) in [6, 6.07) is 11.3. The minimum Gasteiger partial charge on any atom is -0.365 e. The van der Waals surface area contributed by atoms with Crippen molar-refractivity contribution in [2.75, 3.05) is 0 Å². The first-order chi connectivity index (χ1) is 9.59. The molecule has 0 radical (unpaired) electrons. The average Bonchev–Trinajstić information content (AvgIpc) is 2.77. The van der Waals surface area contributed by atoms with E-state index in [1.807, 2.05) is 18.2 Å². The van der Waals surface area contributed by atoms with Gasteiger partial charge in [-0.3, -0.25) is 9.59 Å². The molecule has 4 heteroatoms. The number of amides is 1. The Morgan fingerprint density at radius 3 is 2.60 bits per heavy atom. The summed E-state index contributed by atoms with van der Waals surface area (Å²) in [6.07, 6.45) is 2.59. The standard InChI is InChI=1S/C16H16N2O2/c1-10-9-14(12-6-3-2-5-11(10)12)18-8-4-7-13(15(17)19)16(18)20/h2-8,10,14H,9H2,1H3,(H2,17,19). The average molecular weight is 268 g/mol. The number of carbonyl (C=O) groups is 1. The van der Waals surface area contributed by atoms with Crippen molar-refractivity contribution in [3.05, 3.63) is 69.6 Å². The highest BCUT2D eigenvalue weighted by molar-refractivity contribution is 5.92. The number of rotatable bonds is 2. The van der Waals surface area contributed by atoms with E-state index >= 15 is 0 Å². The quantitative estimate of drug-likeness (QED) is 0.905. The Balaban J connectivity index is 2.15. The Hall–Kier alpha value is -2.36. The van der Waals surface area contributed by atoms with Crippen LogP contribution in [0.15, 0.2) is 47.4 Å². The number of nitrogens with two attached hydrogens (primary N) is 1. The maximum Gasteiger partial charge on any atom is 0.263 e. The van der Waals surface area contributed by atoms with E-state index in [0.717, 1.165) is 12.0 Å². The van der Waals surface area contributed by atoms with Crippen LogP contribution in [0.2, 0.25) is 0 Å². The zero-order valence-corrected chi connectivity index (χ0v) is 11.2. The van der Waals surface area contributed by atoms with Gasteiger partial charge in [0.1, 0.15) is 5.56 Å². The molecule has 2 aromatic rings. The number of hydrogen-bond acceptors (Lipinski definition) is 2. The molecule has 0 saturated carbocycles. The van der Waals surface area contributed by atoms with E-state index < -0.39 is 5.91 Å². The first-order valence-corrected chi connectivity index (χ1v) is 6.69. The Morgan fingerprint density at radius 2 is 1.90 bits per heavy atom. The summed E-state index contributed by atoms with van der Waals surface area (Å²) >= 11 is 0. The van der Waals surface area contributed by atoms with E-state index in [1.54, 1.807) is 16.8 Å². The van der Waals surface area contributed by atoms with Crippen LogP contribution in [0, 0.1) is 0 Å². The van der Waals surface area contributed by atoms with Gasteiger partial charge in [-0.25, -0.2) is 0 Å². The van der Waals surface area contributed by atoms with Crippen LogP contribution in [0.3, 0.4) is 0 Å². The van der Waals surface area contributed by atoms with Crippen molar-refractivity contribution in [3.63, 3.8) is 0 Å². The van der Waals surface area contributed by atoms with Gasteiger partial charge in [-0.05, 0) is 35.6 Å². The normalized spacial score (nSPS) is 20.6. The van der Waals surface area contributed by atoms with E-state index in [4.69, 9.17) is 5.73 Å². The van der Waals surface area contributed by atoms with Gasteiger partial charge in [0.25, 0.3) is 11.5 Å². The second kappa shape index (κ2) is 4.63. The molecule has 1 heterocycles. The van der Waals surface area contributed by atoms with Crippen molar-refractivity contribution in [1.82, 2.24) is 4.57 Å². The fourth-order valence-corrected chi connectivity index (χ4v) is 3.06. The highest BCUT2D eigenvalue weighted by Gasteiger charge is 2.29. The maximum absolute atomic E-state index is 12.4. The number of carbonyl (C=O) groups excluding carboxylic acids is 1. The molecule has 0 aliphatic heterocycles. The van der Waals surface area contributed by atoms with Crippen LogP contribution in [0.4, 0.5) is 0 Å². The van der Waals surface area contributed by atoms with E-state index in [2.05, 4.69) is 13.0 Å². The van der Waals surface area contributed by atoms with Crippen molar-refractivity contribution in [2.45, 2.75) is 25.3 Å². The van der Waals surface area contributed by atoms with Crippen molar-refractivity contribution in [3.8, 4) is 0 Å². The van der Waals surface area contributed by atoms with Crippen LogP contribution in [0.25, 0.3) is 0 Å². The van der Waals surface area contributed by atoms with E-state index in [0.29, 0.717) is 5.92 Å². The summed E-state index contributed by atoms with van der Waals surface area (Å²) in [5, 5.41) is 0. The molecule has 2 N–H and O–H groups in total. The van der Waals surface area contributed by atoms with Crippen molar-refractivity contribution in [2.24, 2.45) is 5.73 Å². The Bertz CT molecular complexity index is 733. The minimum atomic E-state index is -0.677. The lowest BCUT2D eigenvalue weighted by molar-refractivity contribution is 0.0998. The van der Waals surface area contributed by atoms with Crippen LogP contribution < -0.4 is 11.3 Å². The number of primary amides is 1. The van der Waals surface area contributed by atoms with Gasteiger partial charge >= 0.3 is 0 Å². The lowest BCUT2D eigenvalue weighted by Crippen LogP contribution is -2.31. The number of nitrogens with zero attached hydrogens (tertiary/aromatic N) is 1.